The van der Waals surface area contributed by atoms with E-state index >= 15 is 0 Å². The van der Waals surface area contributed by atoms with Crippen LogP contribution in [0.5, 0.6) is 0 Å². The van der Waals surface area contributed by atoms with Crippen molar-refractivity contribution < 1.29 is 4.42 Å². The van der Waals surface area contributed by atoms with Crippen molar-refractivity contribution in [2.24, 2.45) is 0 Å². The van der Waals surface area contributed by atoms with Crippen LogP contribution in [0.2, 0.25) is 0 Å². The van der Waals surface area contributed by atoms with Gasteiger partial charge in [-0.15, -0.1) is 0 Å². The number of rotatable bonds is 7. The smallest absolute Gasteiger partial charge is 0.166 e. The summed E-state index contributed by atoms with van der Waals surface area (Å²) >= 11 is 0. The fourth-order valence-corrected chi connectivity index (χ4v) is 8.83. The topological polar surface area (TPSA) is 69.6 Å². The van der Waals surface area contributed by atoms with Gasteiger partial charge in [0.2, 0.25) is 0 Å². The van der Waals surface area contributed by atoms with Gasteiger partial charge in [-0.1, -0.05) is 158 Å². The number of pyridine rings is 1. The molecule has 12 rings (SSSR count). The Morgan fingerprint density at radius 1 is 0.371 bits per heavy atom. The van der Waals surface area contributed by atoms with Crippen LogP contribution < -0.4 is 0 Å². The lowest BCUT2D eigenvalue weighted by atomic mass is 9.95. The number of furan rings is 1. The average Bonchev–Trinajstić information content (AvgIpc) is 3.91. The molecule has 0 aliphatic carbocycles. The molecular formula is C56H35N5O. The van der Waals surface area contributed by atoms with Gasteiger partial charge in [0.15, 0.2) is 17.5 Å². The van der Waals surface area contributed by atoms with E-state index in [1.54, 1.807) is 0 Å². The lowest BCUT2D eigenvalue weighted by molar-refractivity contribution is 0.673. The second-order valence-electron chi connectivity index (χ2n) is 15.4. The summed E-state index contributed by atoms with van der Waals surface area (Å²) in [6.07, 6.45) is 1.97. The van der Waals surface area contributed by atoms with Crippen LogP contribution in [0.1, 0.15) is 0 Å². The molecule has 0 fully saturated rings. The summed E-state index contributed by atoms with van der Waals surface area (Å²) < 4.78 is 9.27. The second-order valence-corrected chi connectivity index (χ2v) is 15.4. The highest BCUT2D eigenvalue weighted by Crippen LogP contribution is 2.45. The van der Waals surface area contributed by atoms with Gasteiger partial charge >= 0.3 is 0 Å². The molecule has 6 heteroatoms. The SMILES string of the molecule is c1ccc(-c2cccc(-c3cnc(-c4cccc5oc6c(ccc7c6c6ccccc6n7-c6ccccc6)c45)c(-c4nc(-c5ccccc5)nc(-c5ccccc5)n4)c3)c2)cc1. The zero-order chi connectivity index (χ0) is 41.0. The molecule has 0 saturated carbocycles. The normalized spacial score (nSPS) is 11.5. The van der Waals surface area contributed by atoms with E-state index in [9.17, 15) is 0 Å². The van der Waals surface area contributed by atoms with Crippen molar-refractivity contribution >= 4 is 43.7 Å². The van der Waals surface area contributed by atoms with Crippen molar-refractivity contribution in [3.8, 4) is 73.4 Å². The molecule has 0 spiro atoms. The summed E-state index contributed by atoms with van der Waals surface area (Å²) in [5.74, 6) is 1.70. The van der Waals surface area contributed by atoms with Gasteiger partial charge in [0.05, 0.1) is 22.1 Å². The van der Waals surface area contributed by atoms with E-state index in [1.807, 2.05) is 85.1 Å². The molecule has 290 valence electrons. The molecule has 0 bridgehead atoms. The predicted molar refractivity (Wildman–Crippen MR) is 252 cm³/mol. The fraction of sp³-hybridized carbons (Fsp3) is 0. The Kier molecular flexibility index (Phi) is 8.38. The first-order valence-electron chi connectivity index (χ1n) is 20.7. The van der Waals surface area contributed by atoms with Crippen molar-refractivity contribution in [2.45, 2.75) is 0 Å². The van der Waals surface area contributed by atoms with E-state index in [0.717, 1.165) is 99.6 Å². The first kappa shape index (κ1) is 35.5. The Labute approximate surface area is 357 Å². The maximum Gasteiger partial charge on any atom is 0.166 e. The summed E-state index contributed by atoms with van der Waals surface area (Å²) in [5.41, 5.74) is 13.4. The molecule has 12 aromatic rings. The van der Waals surface area contributed by atoms with Crippen molar-refractivity contribution in [1.29, 1.82) is 0 Å². The Hall–Kier alpha value is -8.48. The summed E-state index contributed by atoms with van der Waals surface area (Å²) in [6, 6.07) is 71.1. The number of benzene rings is 8. The van der Waals surface area contributed by atoms with Gasteiger partial charge in [0, 0.05) is 55.9 Å². The minimum Gasteiger partial charge on any atom is -0.455 e. The molecule has 0 N–H and O–H groups in total. The number of hydrogen-bond acceptors (Lipinski definition) is 5. The molecule has 0 saturated heterocycles. The monoisotopic (exact) mass is 793 g/mol. The third-order valence-electron chi connectivity index (χ3n) is 11.7. The third-order valence-corrected chi connectivity index (χ3v) is 11.7. The number of nitrogens with zero attached hydrogens (tertiary/aromatic N) is 5. The molecule has 0 unspecified atom stereocenters. The Morgan fingerprint density at radius 3 is 1.66 bits per heavy atom. The lowest BCUT2D eigenvalue weighted by Gasteiger charge is -2.14. The maximum atomic E-state index is 6.95. The summed E-state index contributed by atoms with van der Waals surface area (Å²) in [6.45, 7) is 0. The van der Waals surface area contributed by atoms with E-state index in [-0.39, 0.29) is 0 Å². The number of fused-ring (bicyclic) bond motifs is 7. The summed E-state index contributed by atoms with van der Waals surface area (Å²) in [5, 5.41) is 4.19. The van der Waals surface area contributed by atoms with Crippen molar-refractivity contribution in [3.63, 3.8) is 0 Å². The fourth-order valence-electron chi connectivity index (χ4n) is 8.83. The predicted octanol–water partition coefficient (Wildman–Crippen LogP) is 14.3. The van der Waals surface area contributed by atoms with Crippen LogP contribution >= 0.6 is 0 Å². The summed E-state index contributed by atoms with van der Waals surface area (Å²) in [7, 11) is 0. The molecular weight excluding hydrogens is 759 g/mol. The van der Waals surface area contributed by atoms with Crippen molar-refractivity contribution in [3.05, 3.63) is 212 Å². The third kappa shape index (κ3) is 5.96. The van der Waals surface area contributed by atoms with Crippen LogP contribution in [0, 0.1) is 0 Å². The second kappa shape index (κ2) is 14.7. The highest BCUT2D eigenvalue weighted by atomic mass is 16.3. The van der Waals surface area contributed by atoms with Crippen LogP contribution in [0.15, 0.2) is 217 Å². The maximum absolute atomic E-state index is 6.95. The van der Waals surface area contributed by atoms with E-state index in [1.165, 1.54) is 0 Å². The highest BCUT2D eigenvalue weighted by Gasteiger charge is 2.24. The minimum absolute atomic E-state index is 0.527. The molecule has 0 aliphatic rings. The average molecular weight is 794 g/mol. The van der Waals surface area contributed by atoms with E-state index in [0.29, 0.717) is 17.5 Å². The molecule has 8 aromatic carbocycles. The number of hydrogen-bond donors (Lipinski definition) is 0. The van der Waals surface area contributed by atoms with Crippen molar-refractivity contribution in [2.75, 3.05) is 0 Å². The molecule has 6 nitrogen and oxygen atoms in total. The zero-order valence-corrected chi connectivity index (χ0v) is 33.4. The van der Waals surface area contributed by atoms with Gasteiger partial charge < -0.3 is 8.98 Å². The van der Waals surface area contributed by atoms with E-state index < -0.39 is 0 Å². The van der Waals surface area contributed by atoms with Gasteiger partial charge in [-0.25, -0.2) is 15.0 Å². The standard InChI is InChI=1S/C56H35N5O/c1-5-17-36(18-6-1)39-23-15-24-40(33-39)41-34-46(56-59-54(37-19-7-2-8-20-37)58-55(60-56)38-21-9-3-10-22-38)52(57-35-41)44-28-16-30-49-50(44)45-31-32-48-51(53(45)62-49)43-27-13-14-29-47(43)61(48)42-25-11-4-12-26-42/h1-35H. The van der Waals surface area contributed by atoms with Crippen LogP contribution in [-0.2, 0) is 0 Å². The van der Waals surface area contributed by atoms with Crippen LogP contribution in [-0.4, -0.2) is 24.5 Å². The van der Waals surface area contributed by atoms with Gasteiger partial charge in [-0.3, -0.25) is 4.98 Å². The zero-order valence-electron chi connectivity index (χ0n) is 33.4. The Morgan fingerprint density at radius 2 is 0.952 bits per heavy atom. The highest BCUT2D eigenvalue weighted by molar-refractivity contribution is 6.25. The number of para-hydroxylation sites is 2. The molecule has 4 heterocycles. The Bertz CT molecular complexity index is 3560. The van der Waals surface area contributed by atoms with E-state index in [2.05, 4.69) is 132 Å². The first-order chi connectivity index (χ1) is 30.7. The summed E-state index contributed by atoms with van der Waals surface area (Å²) in [4.78, 5) is 20.9. The quantitative estimate of drug-likeness (QED) is 0.161. The lowest BCUT2D eigenvalue weighted by Crippen LogP contribution is -2.02. The largest absolute Gasteiger partial charge is 0.455 e. The van der Waals surface area contributed by atoms with Crippen LogP contribution in [0.4, 0.5) is 0 Å². The van der Waals surface area contributed by atoms with Crippen molar-refractivity contribution in [1.82, 2.24) is 24.5 Å². The molecule has 62 heavy (non-hydrogen) atoms. The molecule has 0 radical (unpaired) electrons. The molecule has 4 aromatic heterocycles. The van der Waals surface area contributed by atoms with Gasteiger partial charge in [-0.2, -0.15) is 0 Å². The van der Waals surface area contributed by atoms with Crippen LogP contribution in [0.3, 0.4) is 0 Å². The van der Waals surface area contributed by atoms with E-state index in [4.69, 9.17) is 24.4 Å². The van der Waals surface area contributed by atoms with Gasteiger partial charge in [-0.05, 0) is 65.2 Å². The molecule has 0 amide bonds. The minimum atomic E-state index is 0.527. The van der Waals surface area contributed by atoms with Crippen LogP contribution in [0.25, 0.3) is 117 Å². The molecule has 0 aliphatic heterocycles. The number of aromatic nitrogens is 5. The first-order valence-corrected chi connectivity index (χ1v) is 20.7. The molecule has 0 atom stereocenters. The van der Waals surface area contributed by atoms with Gasteiger partial charge in [0.25, 0.3) is 0 Å². The van der Waals surface area contributed by atoms with Gasteiger partial charge in [0.1, 0.15) is 11.2 Å². The Balaban J connectivity index is 1.13.